The van der Waals surface area contributed by atoms with Crippen molar-refractivity contribution < 1.29 is 13.2 Å². The van der Waals surface area contributed by atoms with E-state index < -0.39 is 15.9 Å². The van der Waals surface area contributed by atoms with Crippen molar-refractivity contribution in [3.8, 4) is 0 Å². The summed E-state index contributed by atoms with van der Waals surface area (Å²) >= 11 is 1.33. The van der Waals surface area contributed by atoms with Crippen LogP contribution in [0.4, 0.5) is 0 Å². The Kier molecular flexibility index (Phi) is 3.58. The highest BCUT2D eigenvalue weighted by Crippen LogP contribution is 2.29. The third-order valence-corrected chi connectivity index (χ3v) is 6.22. The van der Waals surface area contributed by atoms with Crippen molar-refractivity contribution in [1.82, 2.24) is 4.90 Å². The molecule has 0 aliphatic carbocycles. The molecular formula is C13H13N3O3S2. The number of amidine groups is 2. The van der Waals surface area contributed by atoms with Crippen LogP contribution in [0.15, 0.2) is 40.2 Å². The number of carbonyl (C=O) groups excluding carboxylic acids is 1. The normalized spacial score (nSPS) is 22.2. The number of sulfone groups is 1. The molecule has 0 radical (unpaired) electrons. The molecule has 2 aliphatic heterocycles. The van der Waals surface area contributed by atoms with Gasteiger partial charge in [-0.15, -0.1) is 0 Å². The number of nitrogens with one attached hydrogen (secondary N) is 1. The third kappa shape index (κ3) is 2.73. The van der Waals surface area contributed by atoms with E-state index in [1.54, 1.807) is 30.3 Å². The molecule has 1 saturated heterocycles. The lowest BCUT2D eigenvalue weighted by atomic mass is 10.2. The van der Waals surface area contributed by atoms with E-state index >= 15 is 0 Å². The Bertz CT molecular complexity index is 728. The van der Waals surface area contributed by atoms with Crippen molar-refractivity contribution in [3.63, 3.8) is 0 Å². The number of hydrogen-bond donors (Lipinski definition) is 1. The molecule has 8 heteroatoms. The van der Waals surface area contributed by atoms with Gasteiger partial charge in [-0.05, 0) is 12.1 Å². The van der Waals surface area contributed by atoms with Crippen LogP contribution in [0.25, 0.3) is 0 Å². The van der Waals surface area contributed by atoms with Gasteiger partial charge < -0.3 is 0 Å². The quantitative estimate of drug-likeness (QED) is 0.903. The molecule has 3 rings (SSSR count). The fourth-order valence-corrected chi connectivity index (χ4v) is 5.21. The molecule has 110 valence electrons. The van der Waals surface area contributed by atoms with Gasteiger partial charge in [0, 0.05) is 5.75 Å². The number of fused-ring (bicyclic) bond motifs is 1. The van der Waals surface area contributed by atoms with Crippen LogP contribution in [0.1, 0.15) is 6.42 Å². The average molecular weight is 323 g/mol. The number of rotatable bonds is 3. The Morgan fingerprint density at radius 2 is 2.05 bits per heavy atom. The van der Waals surface area contributed by atoms with Gasteiger partial charge in [0.25, 0.3) is 0 Å². The van der Waals surface area contributed by atoms with E-state index in [2.05, 4.69) is 4.99 Å². The summed E-state index contributed by atoms with van der Waals surface area (Å²) in [5.74, 6) is 0.153. The van der Waals surface area contributed by atoms with E-state index in [9.17, 15) is 13.2 Å². The molecule has 1 fully saturated rings. The maximum absolute atomic E-state index is 12.4. The van der Waals surface area contributed by atoms with Crippen LogP contribution in [0.3, 0.4) is 0 Å². The Hall–Kier alpha value is -1.67. The number of carbonyl (C=O) groups is 1. The van der Waals surface area contributed by atoms with E-state index in [0.29, 0.717) is 10.9 Å². The summed E-state index contributed by atoms with van der Waals surface area (Å²) in [5, 5.41) is 7.93. The van der Waals surface area contributed by atoms with Crippen LogP contribution >= 0.6 is 11.8 Å². The Morgan fingerprint density at radius 1 is 1.33 bits per heavy atom. The molecule has 0 saturated carbocycles. The standard InChI is InChI=1S/C13H13N3O3S2/c14-11-6-12(17)16-9(7-20-13(16)15-11)8-21(18,19)10-4-2-1-3-5-10/h1-5,9,14H,6-8H2. The second kappa shape index (κ2) is 5.27. The Balaban J connectivity index is 1.85. The van der Waals surface area contributed by atoms with Gasteiger partial charge in [0.05, 0.1) is 23.1 Å². The van der Waals surface area contributed by atoms with Gasteiger partial charge in [-0.2, -0.15) is 0 Å². The lowest BCUT2D eigenvalue weighted by molar-refractivity contribution is -0.127. The SMILES string of the molecule is N=C1CC(=O)N2C(=N1)SCC2CS(=O)(=O)c1ccccc1. The van der Waals surface area contributed by atoms with Crippen LogP contribution in [-0.2, 0) is 14.6 Å². The minimum atomic E-state index is -3.45. The molecule has 1 aromatic rings. The average Bonchev–Trinajstić information content (AvgIpc) is 2.82. The van der Waals surface area contributed by atoms with Crippen molar-refractivity contribution in [2.75, 3.05) is 11.5 Å². The second-order valence-electron chi connectivity index (χ2n) is 4.84. The minimum Gasteiger partial charge on any atom is -0.286 e. The summed E-state index contributed by atoms with van der Waals surface area (Å²) in [7, 11) is -3.45. The van der Waals surface area contributed by atoms with Gasteiger partial charge in [-0.25, -0.2) is 13.4 Å². The lowest BCUT2D eigenvalue weighted by Crippen LogP contribution is -2.45. The fourth-order valence-electron chi connectivity index (χ4n) is 2.35. The number of amides is 1. The monoisotopic (exact) mass is 323 g/mol. The molecule has 0 spiro atoms. The molecule has 1 aromatic carbocycles. The molecule has 2 aliphatic rings. The molecule has 21 heavy (non-hydrogen) atoms. The lowest BCUT2D eigenvalue weighted by Gasteiger charge is -2.26. The Labute approximate surface area is 126 Å². The zero-order valence-corrected chi connectivity index (χ0v) is 12.7. The highest BCUT2D eigenvalue weighted by atomic mass is 32.2. The zero-order chi connectivity index (χ0) is 15.0. The molecule has 1 unspecified atom stereocenters. The van der Waals surface area contributed by atoms with Crippen molar-refractivity contribution in [3.05, 3.63) is 30.3 Å². The fraction of sp³-hybridized carbons (Fsp3) is 0.308. The van der Waals surface area contributed by atoms with Crippen LogP contribution in [0, 0.1) is 5.41 Å². The van der Waals surface area contributed by atoms with Gasteiger partial charge in [-0.1, -0.05) is 30.0 Å². The number of hydrogen-bond acceptors (Lipinski definition) is 5. The number of nitrogens with zero attached hydrogens (tertiary/aromatic N) is 2. The first-order chi connectivity index (χ1) is 9.97. The molecular weight excluding hydrogens is 310 g/mol. The van der Waals surface area contributed by atoms with Crippen molar-refractivity contribution in [2.24, 2.45) is 4.99 Å². The summed E-state index contributed by atoms with van der Waals surface area (Å²) in [4.78, 5) is 17.7. The smallest absolute Gasteiger partial charge is 0.236 e. The van der Waals surface area contributed by atoms with Crippen molar-refractivity contribution in [1.29, 1.82) is 5.41 Å². The van der Waals surface area contributed by atoms with E-state index in [1.165, 1.54) is 16.7 Å². The van der Waals surface area contributed by atoms with Crippen molar-refractivity contribution >= 4 is 38.5 Å². The number of aliphatic imine (C=N–C) groups is 1. The molecule has 1 atom stereocenters. The predicted molar refractivity (Wildman–Crippen MR) is 81.4 cm³/mol. The summed E-state index contributed by atoms with van der Waals surface area (Å²) in [5.41, 5.74) is 0. The van der Waals surface area contributed by atoms with Crippen LogP contribution < -0.4 is 0 Å². The minimum absolute atomic E-state index is 0.0327. The Morgan fingerprint density at radius 3 is 2.76 bits per heavy atom. The van der Waals surface area contributed by atoms with E-state index in [0.717, 1.165) is 0 Å². The van der Waals surface area contributed by atoms with Gasteiger partial charge in [-0.3, -0.25) is 15.1 Å². The summed E-state index contributed by atoms with van der Waals surface area (Å²) in [6, 6.07) is 7.81. The number of benzene rings is 1. The third-order valence-electron chi connectivity index (χ3n) is 3.31. The molecule has 6 nitrogen and oxygen atoms in total. The van der Waals surface area contributed by atoms with Gasteiger partial charge in [0.15, 0.2) is 15.0 Å². The first-order valence-corrected chi connectivity index (χ1v) is 9.00. The topological polar surface area (TPSA) is 90.7 Å². The summed E-state index contributed by atoms with van der Waals surface area (Å²) < 4.78 is 24.8. The molecule has 2 heterocycles. The first kappa shape index (κ1) is 14.3. The molecule has 0 bridgehead atoms. The van der Waals surface area contributed by atoms with E-state index in [1.807, 2.05) is 0 Å². The summed E-state index contributed by atoms with van der Waals surface area (Å²) in [6.07, 6.45) is -0.0635. The zero-order valence-electron chi connectivity index (χ0n) is 11.0. The maximum atomic E-state index is 12.4. The number of thioether (sulfide) groups is 1. The van der Waals surface area contributed by atoms with Gasteiger partial charge in [0.1, 0.15) is 5.84 Å². The molecule has 1 N–H and O–H groups in total. The van der Waals surface area contributed by atoms with Crippen LogP contribution in [0.2, 0.25) is 0 Å². The maximum Gasteiger partial charge on any atom is 0.236 e. The van der Waals surface area contributed by atoms with Crippen molar-refractivity contribution in [2.45, 2.75) is 17.4 Å². The van der Waals surface area contributed by atoms with Crippen LogP contribution in [0.5, 0.6) is 0 Å². The highest BCUT2D eigenvalue weighted by Gasteiger charge is 2.40. The van der Waals surface area contributed by atoms with Gasteiger partial charge in [0.2, 0.25) is 5.91 Å². The largest absolute Gasteiger partial charge is 0.286 e. The summed E-state index contributed by atoms with van der Waals surface area (Å²) in [6.45, 7) is 0. The highest BCUT2D eigenvalue weighted by molar-refractivity contribution is 8.14. The second-order valence-corrected chi connectivity index (χ2v) is 7.86. The van der Waals surface area contributed by atoms with Gasteiger partial charge >= 0.3 is 0 Å². The van der Waals surface area contributed by atoms with E-state index in [4.69, 9.17) is 5.41 Å². The predicted octanol–water partition coefficient (Wildman–Crippen LogP) is 1.14. The van der Waals surface area contributed by atoms with Crippen LogP contribution in [-0.4, -0.2) is 47.8 Å². The molecule has 0 aromatic heterocycles. The van der Waals surface area contributed by atoms with E-state index in [-0.39, 0.29) is 28.8 Å². The molecule has 1 amide bonds. The first-order valence-electron chi connectivity index (χ1n) is 6.36.